The molecule has 0 saturated heterocycles. The summed E-state index contributed by atoms with van der Waals surface area (Å²) in [5.41, 5.74) is 37.2. The monoisotopic (exact) mass is 1400 g/mol. The highest BCUT2D eigenvalue weighted by atomic mass is 14.9. The zero-order chi connectivity index (χ0) is 80.8. The van der Waals surface area contributed by atoms with Crippen LogP contribution in [0.4, 0.5) is 0 Å². The van der Waals surface area contributed by atoms with Crippen LogP contribution < -0.4 is 22.8 Å². The summed E-state index contributed by atoms with van der Waals surface area (Å²) in [4.78, 5) is 0. The van der Waals surface area contributed by atoms with Crippen molar-refractivity contribution in [1.82, 2.24) is 0 Å². The number of hydrogen-bond donors (Lipinski definition) is 0. The van der Waals surface area contributed by atoms with Crippen molar-refractivity contribution in [3.8, 4) is 112 Å². The van der Waals surface area contributed by atoms with Gasteiger partial charge in [-0.25, -0.2) is 22.8 Å². The van der Waals surface area contributed by atoms with E-state index in [9.17, 15) is 0 Å². The smallest absolute Gasteiger partial charge is 0.201 e. The highest BCUT2D eigenvalue weighted by Crippen LogP contribution is 2.36. The van der Waals surface area contributed by atoms with Crippen LogP contribution in [0.5, 0.6) is 0 Å². The number of hydrogen-bond acceptors (Lipinski definition) is 0. The van der Waals surface area contributed by atoms with Gasteiger partial charge in [0.25, 0.3) is 0 Å². The van der Waals surface area contributed by atoms with Crippen molar-refractivity contribution in [1.29, 1.82) is 0 Å². The summed E-state index contributed by atoms with van der Waals surface area (Å²) in [6, 6.07) is 102. The molecule has 0 aliphatic rings. The minimum Gasteiger partial charge on any atom is -0.201 e. The summed E-state index contributed by atoms with van der Waals surface area (Å²) in [6.07, 6.45) is 9.78. The third-order valence-electron chi connectivity index (χ3n) is 20.0. The molecule has 107 heavy (non-hydrogen) atoms. The van der Waals surface area contributed by atoms with Crippen molar-refractivity contribution in [2.75, 3.05) is 0 Å². The summed E-state index contributed by atoms with van der Waals surface area (Å²) in [7, 11) is 10.1. The Bertz CT molecular complexity index is 5820. The Balaban J connectivity index is 0.000000140. The highest BCUT2D eigenvalue weighted by molar-refractivity contribution is 5.79. The summed E-state index contributed by atoms with van der Waals surface area (Å²) in [5.74, 6) is 0. The lowest BCUT2D eigenvalue weighted by molar-refractivity contribution is -0.660. The predicted octanol–water partition coefficient (Wildman–Crippen LogP) is 22.9. The third kappa shape index (κ3) is 18.7. The van der Waals surface area contributed by atoms with Gasteiger partial charge in [-0.3, -0.25) is 0 Å². The van der Waals surface area contributed by atoms with E-state index in [0.29, 0.717) is 11.1 Å². The Morgan fingerprint density at radius 2 is 0.486 bits per heavy atom. The Morgan fingerprint density at radius 3 is 0.841 bits per heavy atom. The second-order valence-electron chi connectivity index (χ2n) is 28.2. The molecule has 0 spiro atoms. The fourth-order valence-corrected chi connectivity index (χ4v) is 14.0. The maximum atomic E-state index is 7.71. The molecule has 0 radical (unpaired) electrons. The highest BCUT2D eigenvalue weighted by Gasteiger charge is 2.21. The molecule has 0 amide bonds. The molecule has 0 fully saturated rings. The molecule has 0 saturated carbocycles. The van der Waals surface area contributed by atoms with E-state index >= 15 is 0 Å². The fourth-order valence-electron chi connectivity index (χ4n) is 14.0. The van der Waals surface area contributed by atoms with E-state index < -0.39 is 13.7 Å². The standard InChI is InChI=1S/C22H24N.C21H22N.2C20H20N.C19H18N/c1-15-13-22(23(5)14-18(15)4)21-12-16(2)20(11-17(21)3)19-9-7-6-8-10-19;1-15-10-11-21(22(4)14-15)20-13-16(2)19(12-17(20)3)18-8-6-5-7-9-18;1-15-14-19(20-11-7-8-12-21(20)3)16(2)13-18(15)17-9-5-4-6-10-17;1-15-9-12-20(21(3)14-15)19-13-18(11-10-16(19)2)17-7-5-4-6-8-17;1-15-11-12-17(16-8-4-3-5-9-16)14-18(15)19-10-6-7-13-20(19)2/h6-14H,1-5H3;5-14H,1-4H3;2*4-14H,1-3H3;3-14H,1-2H3/q5*+1/i4D3;1D3;;;. The predicted molar refractivity (Wildman–Crippen MR) is 449 cm³/mol. The third-order valence-corrected chi connectivity index (χ3v) is 20.0. The van der Waals surface area contributed by atoms with Gasteiger partial charge in [0.2, 0.25) is 28.5 Å². The van der Waals surface area contributed by atoms with E-state index in [1.807, 2.05) is 66.6 Å². The molecule has 5 nitrogen and oxygen atoms in total. The quantitative estimate of drug-likeness (QED) is 0.122. The first-order chi connectivity index (χ1) is 54.0. The summed E-state index contributed by atoms with van der Waals surface area (Å²) in [6.45, 7) is 17.0. The number of pyridine rings is 5. The molecule has 15 rings (SSSR count). The zero-order valence-corrected chi connectivity index (χ0v) is 64.8. The molecule has 532 valence electrons. The number of aromatic nitrogens is 5. The van der Waals surface area contributed by atoms with Crippen molar-refractivity contribution in [3.63, 3.8) is 0 Å². The summed E-state index contributed by atoms with van der Waals surface area (Å²) < 4.78 is 56.2. The Morgan fingerprint density at radius 1 is 0.187 bits per heavy atom. The lowest BCUT2D eigenvalue weighted by atomic mass is 9.93. The second-order valence-corrected chi connectivity index (χ2v) is 28.2. The Hall–Kier alpha value is -12.1. The van der Waals surface area contributed by atoms with Crippen molar-refractivity contribution < 1.29 is 31.1 Å². The number of aryl methyl sites for hydroxylation is 17. The van der Waals surface area contributed by atoms with Gasteiger partial charge in [0.15, 0.2) is 31.0 Å². The molecular formula is C102H104N5+5. The molecular weight excluding hydrogens is 1300 g/mol. The topological polar surface area (TPSA) is 19.4 Å². The van der Waals surface area contributed by atoms with Crippen molar-refractivity contribution in [2.24, 2.45) is 35.2 Å². The van der Waals surface area contributed by atoms with Crippen LogP contribution in [0.25, 0.3) is 112 Å². The van der Waals surface area contributed by atoms with Crippen LogP contribution in [0, 0.1) is 82.9 Å². The normalized spacial score (nSPS) is 11.7. The molecule has 5 heterocycles. The van der Waals surface area contributed by atoms with Crippen molar-refractivity contribution in [3.05, 3.63) is 389 Å². The van der Waals surface area contributed by atoms with Crippen LogP contribution in [0.1, 0.15) is 75.0 Å². The maximum absolute atomic E-state index is 7.71. The molecule has 0 atom stereocenters. The molecule has 0 unspecified atom stereocenters. The van der Waals surface area contributed by atoms with Crippen LogP contribution in [0.15, 0.2) is 322 Å². The largest absolute Gasteiger partial charge is 0.212 e. The molecule has 0 aliphatic heterocycles. The summed E-state index contributed by atoms with van der Waals surface area (Å²) in [5, 5.41) is 0. The number of benzene rings is 10. The van der Waals surface area contributed by atoms with Crippen LogP contribution in [-0.4, -0.2) is 0 Å². The lowest BCUT2D eigenvalue weighted by Crippen LogP contribution is -2.31. The minimum atomic E-state index is -2.09. The number of nitrogens with zero attached hydrogens (tertiary/aromatic N) is 5. The van der Waals surface area contributed by atoms with E-state index in [-0.39, 0.29) is 0 Å². The first-order valence-electron chi connectivity index (χ1n) is 39.7. The van der Waals surface area contributed by atoms with Crippen LogP contribution in [0.2, 0.25) is 0 Å². The molecule has 5 heteroatoms. The molecule has 0 N–H and O–H groups in total. The van der Waals surface area contributed by atoms with Gasteiger partial charge in [-0.2, -0.15) is 0 Å². The summed E-state index contributed by atoms with van der Waals surface area (Å²) >= 11 is 0. The van der Waals surface area contributed by atoms with Gasteiger partial charge in [0.1, 0.15) is 35.2 Å². The van der Waals surface area contributed by atoms with E-state index in [2.05, 4.69) is 364 Å². The van der Waals surface area contributed by atoms with Gasteiger partial charge in [-0.05, 0) is 243 Å². The molecule has 0 aliphatic carbocycles. The van der Waals surface area contributed by atoms with E-state index in [4.69, 9.17) is 8.22 Å². The minimum absolute atomic E-state index is 0.356. The average molecular weight is 1410 g/mol. The first kappa shape index (κ1) is 68.1. The molecule has 5 aromatic heterocycles. The first-order valence-corrected chi connectivity index (χ1v) is 36.7. The van der Waals surface area contributed by atoms with Gasteiger partial charge >= 0.3 is 0 Å². The van der Waals surface area contributed by atoms with Gasteiger partial charge < -0.3 is 0 Å². The van der Waals surface area contributed by atoms with E-state index in [0.717, 1.165) is 28.1 Å². The van der Waals surface area contributed by atoms with Crippen LogP contribution >= 0.6 is 0 Å². The lowest BCUT2D eigenvalue weighted by Gasteiger charge is -2.12. The second kappa shape index (κ2) is 35.2. The Kier molecular flexibility index (Phi) is 22.4. The van der Waals surface area contributed by atoms with Gasteiger partial charge in [0.05, 0.1) is 0 Å². The SMILES string of the molecule is Cc1cc(-c2cccc[n+]2C)c(C)cc1-c1ccccc1.Cc1ccc(-c2cc(-c3ccccc3)ccc2C)[n+](C)c1.Cc1ccc(-c2ccccc2)cc1-c1cccc[n+]1C.[2H]C([2H])([2H])c1c[n+](C)c(-c2cc(C)c(-c3ccccc3)cc2C)cc1C.[2H]C([2H])([2H])c1ccc(-c2cc(C)c(-c3ccccc3)cc2C)[n+](C)c1. The van der Waals surface area contributed by atoms with E-state index in [1.165, 1.54) is 139 Å². The van der Waals surface area contributed by atoms with E-state index in [1.54, 1.807) is 18.5 Å². The van der Waals surface area contributed by atoms with Gasteiger partial charge in [-0.1, -0.05) is 194 Å². The van der Waals surface area contributed by atoms with Gasteiger partial charge in [-0.15, -0.1) is 0 Å². The molecule has 0 bridgehead atoms. The van der Waals surface area contributed by atoms with Crippen LogP contribution in [-0.2, 0) is 35.2 Å². The zero-order valence-electron chi connectivity index (χ0n) is 70.8. The number of rotatable bonds is 10. The fraction of sp³-hybridized carbons (Fsp3) is 0.167. The van der Waals surface area contributed by atoms with Crippen molar-refractivity contribution in [2.45, 2.75) is 82.9 Å². The average Bonchev–Trinajstić information content (AvgIpc) is 0.807. The Labute approximate surface area is 646 Å². The van der Waals surface area contributed by atoms with Crippen LogP contribution in [0.3, 0.4) is 0 Å². The molecule has 15 aromatic rings. The van der Waals surface area contributed by atoms with Crippen molar-refractivity contribution >= 4 is 0 Å². The van der Waals surface area contributed by atoms with Gasteiger partial charge in [0, 0.05) is 95.2 Å². The maximum Gasteiger partial charge on any atom is 0.212 e. The molecule has 10 aromatic carbocycles.